The predicted octanol–water partition coefficient (Wildman–Crippen LogP) is -0.0655. The van der Waals surface area contributed by atoms with Crippen LogP contribution in [0.4, 0.5) is 5.00 Å². The molecule has 4 amide bonds. The Morgan fingerprint density at radius 3 is 2.53 bits per heavy atom. The Hall–Kier alpha value is -2.22. The van der Waals surface area contributed by atoms with Gasteiger partial charge in [0.05, 0.1) is 5.56 Å². The Balaban J connectivity index is 2.02. The van der Waals surface area contributed by atoms with Crippen molar-refractivity contribution in [3.05, 3.63) is 17.0 Å². The molecule has 0 unspecified atom stereocenters. The molecule has 1 saturated heterocycles. The van der Waals surface area contributed by atoms with E-state index in [0.29, 0.717) is 5.00 Å². The minimum Gasteiger partial charge on any atom is -0.366 e. The van der Waals surface area contributed by atoms with E-state index in [0.717, 1.165) is 16.2 Å². The van der Waals surface area contributed by atoms with Crippen LogP contribution in [0.2, 0.25) is 0 Å². The van der Waals surface area contributed by atoms with E-state index in [-0.39, 0.29) is 36.8 Å². The number of amides is 4. The van der Waals surface area contributed by atoms with Crippen molar-refractivity contribution in [3.63, 3.8) is 0 Å². The Bertz CT molecular complexity index is 550. The zero-order valence-corrected chi connectivity index (χ0v) is 10.7. The summed E-state index contributed by atoms with van der Waals surface area (Å²) in [5.41, 5.74) is 5.35. The van der Waals surface area contributed by atoms with E-state index in [9.17, 15) is 19.2 Å². The lowest BCUT2D eigenvalue weighted by molar-refractivity contribution is -0.141. The summed E-state index contributed by atoms with van der Waals surface area (Å²) in [5, 5.41) is 4.40. The molecule has 7 nitrogen and oxygen atoms in total. The van der Waals surface area contributed by atoms with Gasteiger partial charge in [0.15, 0.2) is 0 Å². The van der Waals surface area contributed by atoms with Gasteiger partial charge in [0.2, 0.25) is 17.7 Å². The van der Waals surface area contributed by atoms with Gasteiger partial charge in [0.1, 0.15) is 11.5 Å². The van der Waals surface area contributed by atoms with Gasteiger partial charge in [-0.2, -0.15) is 0 Å². The van der Waals surface area contributed by atoms with Crippen LogP contribution in [0.25, 0.3) is 0 Å². The first-order valence-corrected chi connectivity index (χ1v) is 6.37. The largest absolute Gasteiger partial charge is 0.366 e. The van der Waals surface area contributed by atoms with Crippen molar-refractivity contribution in [1.29, 1.82) is 0 Å². The van der Waals surface area contributed by atoms with Crippen molar-refractivity contribution in [2.24, 2.45) is 5.73 Å². The zero-order chi connectivity index (χ0) is 14.0. The zero-order valence-electron chi connectivity index (χ0n) is 9.84. The molecular formula is C11H11N3O4S. The van der Waals surface area contributed by atoms with Crippen LogP contribution >= 0.6 is 11.3 Å². The van der Waals surface area contributed by atoms with Crippen LogP contribution in [-0.4, -0.2) is 35.1 Å². The quantitative estimate of drug-likeness (QED) is 0.753. The van der Waals surface area contributed by atoms with Gasteiger partial charge in [0.25, 0.3) is 5.91 Å². The molecule has 1 aromatic rings. The van der Waals surface area contributed by atoms with E-state index >= 15 is 0 Å². The van der Waals surface area contributed by atoms with E-state index in [1.807, 2.05) is 0 Å². The summed E-state index contributed by atoms with van der Waals surface area (Å²) in [6.45, 7) is -0.340. The summed E-state index contributed by atoms with van der Waals surface area (Å²) < 4.78 is 0. The van der Waals surface area contributed by atoms with Gasteiger partial charge in [0, 0.05) is 12.8 Å². The number of carbonyl (C=O) groups excluding carboxylic acids is 4. The first-order chi connectivity index (χ1) is 8.99. The van der Waals surface area contributed by atoms with Crippen LogP contribution in [0.15, 0.2) is 11.4 Å². The lowest BCUT2D eigenvalue weighted by Crippen LogP contribution is -2.37. The predicted molar refractivity (Wildman–Crippen MR) is 67.4 cm³/mol. The maximum Gasteiger partial charge on any atom is 0.251 e. The van der Waals surface area contributed by atoms with Gasteiger partial charge in [-0.3, -0.25) is 24.1 Å². The summed E-state index contributed by atoms with van der Waals surface area (Å²) in [5.74, 6) is -1.90. The standard InChI is InChI=1S/C11H11N3O4S/c12-10(18)6-3-4-19-11(6)13-7(15)5-14-8(16)1-2-9(14)17/h3-4H,1-2,5H2,(H2,12,18)(H,13,15). The molecule has 1 aliphatic rings. The molecule has 2 heterocycles. The van der Waals surface area contributed by atoms with Crippen molar-refractivity contribution in [3.8, 4) is 0 Å². The van der Waals surface area contributed by atoms with E-state index in [1.54, 1.807) is 5.38 Å². The monoisotopic (exact) mass is 281 g/mol. The second kappa shape index (κ2) is 5.19. The van der Waals surface area contributed by atoms with Gasteiger partial charge >= 0.3 is 0 Å². The highest BCUT2D eigenvalue weighted by Gasteiger charge is 2.30. The van der Waals surface area contributed by atoms with E-state index in [4.69, 9.17) is 5.73 Å². The van der Waals surface area contributed by atoms with Crippen LogP contribution in [0, 0.1) is 0 Å². The highest BCUT2D eigenvalue weighted by molar-refractivity contribution is 7.14. The first kappa shape index (κ1) is 13.2. The number of carbonyl (C=O) groups is 4. The number of nitrogens with two attached hydrogens (primary N) is 1. The maximum atomic E-state index is 11.7. The van der Waals surface area contributed by atoms with E-state index in [2.05, 4.69) is 5.32 Å². The molecule has 0 aromatic carbocycles. The third-order valence-corrected chi connectivity index (χ3v) is 3.47. The maximum absolute atomic E-state index is 11.7. The van der Waals surface area contributed by atoms with Crippen molar-refractivity contribution in [1.82, 2.24) is 4.90 Å². The normalized spacial score (nSPS) is 14.8. The van der Waals surface area contributed by atoms with Crippen LogP contribution in [-0.2, 0) is 14.4 Å². The molecule has 0 saturated carbocycles. The smallest absolute Gasteiger partial charge is 0.251 e. The third-order valence-electron chi connectivity index (χ3n) is 2.64. The van der Waals surface area contributed by atoms with Crippen LogP contribution in [0.3, 0.4) is 0 Å². The van der Waals surface area contributed by atoms with E-state index in [1.165, 1.54) is 6.07 Å². The van der Waals surface area contributed by atoms with Gasteiger partial charge in [-0.05, 0) is 11.4 Å². The minimum atomic E-state index is -0.648. The molecule has 1 aromatic heterocycles. The number of thiophene rings is 1. The van der Waals surface area contributed by atoms with E-state index < -0.39 is 11.8 Å². The fourth-order valence-electron chi connectivity index (χ4n) is 1.71. The summed E-state index contributed by atoms with van der Waals surface area (Å²) in [6.07, 6.45) is 0.273. The lowest BCUT2D eigenvalue weighted by atomic mass is 10.3. The molecule has 100 valence electrons. The molecule has 19 heavy (non-hydrogen) atoms. The number of hydrogen-bond acceptors (Lipinski definition) is 5. The Morgan fingerprint density at radius 2 is 1.95 bits per heavy atom. The molecule has 1 aliphatic heterocycles. The number of anilines is 1. The number of nitrogens with zero attached hydrogens (tertiary/aromatic N) is 1. The number of hydrogen-bond donors (Lipinski definition) is 2. The van der Waals surface area contributed by atoms with Crippen LogP contribution < -0.4 is 11.1 Å². The molecule has 0 atom stereocenters. The fourth-order valence-corrected chi connectivity index (χ4v) is 2.52. The van der Waals surface area contributed by atoms with Crippen molar-refractivity contribution < 1.29 is 19.2 Å². The molecular weight excluding hydrogens is 270 g/mol. The first-order valence-electron chi connectivity index (χ1n) is 5.49. The second-order valence-electron chi connectivity index (χ2n) is 3.95. The highest BCUT2D eigenvalue weighted by Crippen LogP contribution is 2.22. The summed E-state index contributed by atoms with van der Waals surface area (Å²) in [7, 11) is 0. The number of rotatable bonds is 4. The summed E-state index contributed by atoms with van der Waals surface area (Å²) in [4.78, 5) is 46.4. The van der Waals surface area contributed by atoms with Gasteiger partial charge in [-0.1, -0.05) is 0 Å². The number of imide groups is 1. The molecule has 0 spiro atoms. The third kappa shape index (κ3) is 2.79. The lowest BCUT2D eigenvalue weighted by Gasteiger charge is -2.13. The molecule has 2 rings (SSSR count). The average Bonchev–Trinajstić information content (AvgIpc) is 2.91. The van der Waals surface area contributed by atoms with Gasteiger partial charge in [-0.25, -0.2) is 0 Å². The van der Waals surface area contributed by atoms with Gasteiger partial charge in [-0.15, -0.1) is 11.3 Å². The second-order valence-corrected chi connectivity index (χ2v) is 4.87. The van der Waals surface area contributed by atoms with Crippen molar-refractivity contribution in [2.75, 3.05) is 11.9 Å². The molecule has 1 fully saturated rings. The fraction of sp³-hybridized carbons (Fsp3) is 0.273. The number of likely N-dealkylation sites (tertiary alicyclic amines) is 1. The Labute approximate surface area is 112 Å². The molecule has 3 N–H and O–H groups in total. The SMILES string of the molecule is NC(=O)c1ccsc1NC(=O)CN1C(=O)CCC1=O. The van der Waals surface area contributed by atoms with Crippen molar-refractivity contribution >= 4 is 40.0 Å². The Kier molecular flexibility index (Phi) is 3.61. The minimum absolute atomic E-state index is 0.137. The Morgan fingerprint density at radius 1 is 1.32 bits per heavy atom. The number of primary amides is 1. The summed E-state index contributed by atoms with van der Waals surface area (Å²) >= 11 is 1.14. The summed E-state index contributed by atoms with van der Waals surface area (Å²) in [6, 6.07) is 1.49. The molecule has 8 heteroatoms. The molecule has 0 bridgehead atoms. The molecule has 0 radical (unpaired) electrons. The van der Waals surface area contributed by atoms with Crippen molar-refractivity contribution in [2.45, 2.75) is 12.8 Å². The van der Waals surface area contributed by atoms with Crippen LogP contribution in [0.1, 0.15) is 23.2 Å². The average molecular weight is 281 g/mol. The van der Waals surface area contributed by atoms with Gasteiger partial charge < -0.3 is 11.1 Å². The topological polar surface area (TPSA) is 110 Å². The number of nitrogens with one attached hydrogen (secondary N) is 1. The molecule has 0 aliphatic carbocycles. The highest BCUT2D eigenvalue weighted by atomic mass is 32.1. The van der Waals surface area contributed by atoms with Crippen LogP contribution in [0.5, 0.6) is 0 Å².